The van der Waals surface area contributed by atoms with E-state index in [4.69, 9.17) is 0 Å². The number of carbonyl (C=O) groups excluding carboxylic acids is 1. The van der Waals surface area contributed by atoms with Gasteiger partial charge in [-0.15, -0.1) is 0 Å². The van der Waals surface area contributed by atoms with Crippen molar-refractivity contribution < 1.29 is 4.79 Å². The minimum atomic E-state index is 0.359. The summed E-state index contributed by atoms with van der Waals surface area (Å²) in [5, 5.41) is 2.58. The van der Waals surface area contributed by atoms with Gasteiger partial charge in [0.25, 0.3) is 0 Å². The Morgan fingerprint density at radius 1 is 1.16 bits per heavy atom. The van der Waals surface area contributed by atoms with E-state index < -0.39 is 0 Å². The van der Waals surface area contributed by atoms with Crippen LogP contribution in [0, 0.1) is 0 Å². The van der Waals surface area contributed by atoms with Crippen LogP contribution in [0.25, 0.3) is 10.8 Å². The van der Waals surface area contributed by atoms with E-state index in [0.717, 1.165) is 37.7 Å². The maximum Gasteiger partial charge on any atom is 0.163 e. The van der Waals surface area contributed by atoms with Gasteiger partial charge in [0.05, 0.1) is 0 Å². The normalized spacial score (nSPS) is 14.7. The van der Waals surface area contributed by atoms with Crippen LogP contribution in [0.2, 0.25) is 0 Å². The van der Waals surface area contributed by atoms with Crippen molar-refractivity contribution in [3.8, 4) is 0 Å². The van der Waals surface area contributed by atoms with Gasteiger partial charge >= 0.3 is 0 Å². The quantitative estimate of drug-likeness (QED) is 0.773. The Kier molecular flexibility index (Phi) is 3.37. The minimum Gasteiger partial charge on any atom is -0.294 e. The van der Waals surface area contributed by atoms with Gasteiger partial charge in [-0.25, -0.2) is 0 Å². The lowest BCUT2D eigenvalue weighted by Crippen LogP contribution is -2.14. The first kappa shape index (κ1) is 12.4. The second-order valence-electron chi connectivity index (χ2n) is 5.49. The minimum absolute atomic E-state index is 0.359. The molecule has 2 aromatic carbocycles. The van der Waals surface area contributed by atoms with E-state index in [-0.39, 0.29) is 0 Å². The van der Waals surface area contributed by atoms with E-state index in [1.807, 2.05) is 0 Å². The largest absolute Gasteiger partial charge is 0.294 e. The van der Waals surface area contributed by atoms with Crippen LogP contribution in [0.1, 0.15) is 54.1 Å². The highest BCUT2D eigenvalue weighted by molar-refractivity contribution is 6.05. The van der Waals surface area contributed by atoms with Crippen molar-refractivity contribution in [3.63, 3.8) is 0 Å². The van der Waals surface area contributed by atoms with E-state index in [1.165, 1.54) is 28.3 Å². The van der Waals surface area contributed by atoms with Crippen LogP contribution in [0.5, 0.6) is 0 Å². The summed E-state index contributed by atoms with van der Waals surface area (Å²) in [6.45, 7) is 2.21. The summed E-state index contributed by atoms with van der Waals surface area (Å²) in [5.41, 5.74) is 3.64. The number of unbranched alkanes of at least 4 members (excludes halogenated alkanes) is 1. The molecule has 0 fully saturated rings. The third kappa shape index (κ3) is 2.18. The van der Waals surface area contributed by atoms with Crippen molar-refractivity contribution in [2.45, 2.75) is 45.4 Å². The molecule has 0 heterocycles. The molecule has 98 valence electrons. The lowest BCUT2D eigenvalue weighted by Gasteiger charge is -2.20. The van der Waals surface area contributed by atoms with Crippen LogP contribution in [-0.2, 0) is 12.8 Å². The standard InChI is InChI=1S/C18H20O/c1-2-3-9-16-15-10-5-4-7-13(15)12-14-8-6-11-17(19)18(14)16/h4-5,7,10,12H,2-3,6,8-9,11H2,1H3. The molecule has 1 aliphatic rings. The highest BCUT2D eigenvalue weighted by Gasteiger charge is 2.22. The van der Waals surface area contributed by atoms with Crippen molar-refractivity contribution in [1.82, 2.24) is 0 Å². The Hall–Kier alpha value is -1.63. The predicted molar refractivity (Wildman–Crippen MR) is 79.8 cm³/mol. The Morgan fingerprint density at radius 2 is 2.00 bits per heavy atom. The van der Waals surface area contributed by atoms with Crippen molar-refractivity contribution in [2.75, 3.05) is 0 Å². The molecule has 1 nitrogen and oxygen atoms in total. The maximum absolute atomic E-state index is 12.3. The SMILES string of the molecule is CCCCc1c2c(cc3ccccc13)CCCC2=O. The lowest BCUT2D eigenvalue weighted by molar-refractivity contribution is 0.0971. The molecule has 0 spiro atoms. The zero-order valence-electron chi connectivity index (χ0n) is 11.5. The summed E-state index contributed by atoms with van der Waals surface area (Å²) in [7, 11) is 0. The van der Waals surface area contributed by atoms with Crippen molar-refractivity contribution in [3.05, 3.63) is 47.0 Å². The molecule has 0 aliphatic heterocycles. The monoisotopic (exact) mass is 252 g/mol. The fourth-order valence-corrected chi connectivity index (χ4v) is 3.21. The van der Waals surface area contributed by atoms with Gasteiger partial charge in [-0.3, -0.25) is 4.79 Å². The molecule has 0 atom stereocenters. The number of aryl methyl sites for hydroxylation is 2. The molecule has 0 amide bonds. The van der Waals surface area contributed by atoms with Gasteiger partial charge in [-0.05, 0) is 47.6 Å². The molecule has 0 unspecified atom stereocenters. The van der Waals surface area contributed by atoms with Crippen LogP contribution < -0.4 is 0 Å². The number of rotatable bonds is 3. The van der Waals surface area contributed by atoms with Gasteiger partial charge in [0.1, 0.15) is 0 Å². The lowest BCUT2D eigenvalue weighted by atomic mass is 9.83. The Labute approximate surface area is 114 Å². The number of hydrogen-bond acceptors (Lipinski definition) is 1. The summed E-state index contributed by atoms with van der Waals surface area (Å²) in [6.07, 6.45) is 6.17. The predicted octanol–water partition coefficient (Wildman–Crippen LogP) is 4.70. The van der Waals surface area contributed by atoms with Crippen molar-refractivity contribution in [2.24, 2.45) is 0 Å². The van der Waals surface area contributed by atoms with Gasteiger partial charge in [0.2, 0.25) is 0 Å². The Bertz CT molecular complexity index is 625. The maximum atomic E-state index is 12.3. The van der Waals surface area contributed by atoms with E-state index >= 15 is 0 Å². The zero-order chi connectivity index (χ0) is 13.2. The third-order valence-electron chi connectivity index (χ3n) is 4.15. The molecule has 0 N–H and O–H groups in total. The van der Waals surface area contributed by atoms with E-state index in [1.54, 1.807) is 0 Å². The molecule has 0 radical (unpaired) electrons. The van der Waals surface area contributed by atoms with Gasteiger partial charge in [0, 0.05) is 12.0 Å². The molecule has 0 bridgehead atoms. The van der Waals surface area contributed by atoms with Crippen molar-refractivity contribution in [1.29, 1.82) is 0 Å². The molecule has 0 aromatic heterocycles. The van der Waals surface area contributed by atoms with Crippen LogP contribution in [0.3, 0.4) is 0 Å². The topological polar surface area (TPSA) is 17.1 Å². The smallest absolute Gasteiger partial charge is 0.163 e. The van der Waals surface area contributed by atoms with Gasteiger partial charge in [0.15, 0.2) is 5.78 Å². The van der Waals surface area contributed by atoms with E-state index in [9.17, 15) is 4.79 Å². The molecule has 0 saturated heterocycles. The molecular weight excluding hydrogens is 232 g/mol. The average molecular weight is 252 g/mol. The number of benzene rings is 2. The van der Waals surface area contributed by atoms with Gasteiger partial charge in [-0.1, -0.05) is 43.7 Å². The Balaban J connectivity index is 2.26. The van der Waals surface area contributed by atoms with Crippen LogP contribution in [0.15, 0.2) is 30.3 Å². The highest BCUT2D eigenvalue weighted by Crippen LogP contribution is 2.32. The summed E-state index contributed by atoms with van der Waals surface area (Å²) >= 11 is 0. The Morgan fingerprint density at radius 3 is 2.84 bits per heavy atom. The fraction of sp³-hybridized carbons (Fsp3) is 0.389. The van der Waals surface area contributed by atoms with Crippen LogP contribution in [-0.4, -0.2) is 5.78 Å². The molecular formula is C18H20O. The van der Waals surface area contributed by atoms with E-state index in [2.05, 4.69) is 37.3 Å². The number of hydrogen-bond donors (Lipinski definition) is 0. The second kappa shape index (κ2) is 5.16. The molecule has 1 aliphatic carbocycles. The first-order valence-electron chi connectivity index (χ1n) is 7.38. The number of fused-ring (bicyclic) bond motifs is 2. The van der Waals surface area contributed by atoms with Gasteiger partial charge < -0.3 is 0 Å². The van der Waals surface area contributed by atoms with Crippen molar-refractivity contribution >= 4 is 16.6 Å². The number of carbonyl (C=O) groups is 1. The van der Waals surface area contributed by atoms with Crippen LogP contribution >= 0.6 is 0 Å². The third-order valence-corrected chi connectivity index (χ3v) is 4.15. The summed E-state index contributed by atoms with van der Waals surface area (Å²) < 4.78 is 0. The van der Waals surface area contributed by atoms with E-state index in [0.29, 0.717) is 5.78 Å². The number of Topliss-reactive ketones (excluding diaryl/α,β-unsaturated/α-hetero) is 1. The summed E-state index contributed by atoms with van der Waals surface area (Å²) in [4.78, 5) is 12.3. The molecule has 1 heteroatoms. The summed E-state index contributed by atoms with van der Waals surface area (Å²) in [6, 6.07) is 10.7. The molecule has 3 rings (SSSR count). The van der Waals surface area contributed by atoms with Gasteiger partial charge in [-0.2, -0.15) is 0 Å². The molecule has 0 saturated carbocycles. The first-order chi connectivity index (χ1) is 9.31. The zero-order valence-corrected chi connectivity index (χ0v) is 11.5. The average Bonchev–Trinajstić information content (AvgIpc) is 2.44. The molecule has 2 aromatic rings. The summed E-state index contributed by atoms with van der Waals surface area (Å²) in [5.74, 6) is 0.359. The highest BCUT2D eigenvalue weighted by atomic mass is 16.1. The first-order valence-corrected chi connectivity index (χ1v) is 7.38. The number of ketones is 1. The molecule has 19 heavy (non-hydrogen) atoms. The fourth-order valence-electron chi connectivity index (χ4n) is 3.21. The van der Waals surface area contributed by atoms with Crippen LogP contribution in [0.4, 0.5) is 0 Å². The second-order valence-corrected chi connectivity index (χ2v) is 5.49.